The van der Waals surface area contributed by atoms with Crippen LogP contribution in [-0.4, -0.2) is 52.6 Å². The van der Waals surface area contributed by atoms with E-state index in [0.29, 0.717) is 0 Å². The molecule has 4 heteroatoms. The Kier molecular flexibility index (Phi) is 3.97. The molecule has 0 aromatic heterocycles. The molecule has 0 bridgehead atoms. The van der Waals surface area contributed by atoms with Crippen LogP contribution < -0.4 is 0 Å². The van der Waals surface area contributed by atoms with Crippen molar-refractivity contribution in [3.05, 3.63) is 0 Å². The summed E-state index contributed by atoms with van der Waals surface area (Å²) in [4.78, 5) is 2.62. The van der Waals surface area contributed by atoms with E-state index in [0.717, 1.165) is 26.3 Å². The number of ether oxygens (including phenoxy) is 1. The zero-order chi connectivity index (χ0) is 10.8. The van der Waals surface area contributed by atoms with Crippen LogP contribution in [0.4, 0.5) is 0 Å². The van der Waals surface area contributed by atoms with Crippen LogP contribution >= 0.6 is 0 Å². The van der Waals surface area contributed by atoms with Gasteiger partial charge in [-0.15, -0.1) is 0 Å². The van der Waals surface area contributed by atoms with Gasteiger partial charge in [0.15, 0.2) is 0 Å². The van der Waals surface area contributed by atoms with Gasteiger partial charge < -0.3 is 9.64 Å². The largest absolute Gasteiger partial charge is 0.379 e. The molecule has 0 spiro atoms. The smallest absolute Gasteiger partial charge is 0.0593 e. The van der Waals surface area contributed by atoms with Gasteiger partial charge in [-0.1, -0.05) is 32.7 Å². The van der Waals surface area contributed by atoms with Crippen LogP contribution in [0.3, 0.4) is 0 Å². The average molecular weight is 231 g/mol. The molecule has 0 aromatic rings. The lowest BCUT2D eigenvalue weighted by atomic mass is 10.5. The lowest BCUT2D eigenvalue weighted by Gasteiger charge is -2.40. The first-order valence-electron chi connectivity index (χ1n) is 5.63. The molecule has 2 nitrogen and oxygen atoms in total. The van der Waals surface area contributed by atoms with Crippen molar-refractivity contribution < 1.29 is 4.74 Å². The molecular formula is C10H25NOSi2. The second-order valence-electron chi connectivity index (χ2n) is 6.02. The van der Waals surface area contributed by atoms with Crippen LogP contribution in [0.2, 0.25) is 32.7 Å². The van der Waals surface area contributed by atoms with Gasteiger partial charge in [0.25, 0.3) is 0 Å². The molecule has 14 heavy (non-hydrogen) atoms. The minimum Gasteiger partial charge on any atom is -0.379 e. The highest BCUT2D eigenvalue weighted by atomic mass is 29.3. The third-order valence-electron chi connectivity index (χ3n) is 3.75. The van der Waals surface area contributed by atoms with E-state index in [1.807, 2.05) is 0 Å². The molecule has 1 aliphatic heterocycles. The fourth-order valence-corrected chi connectivity index (χ4v) is 5.56. The van der Waals surface area contributed by atoms with E-state index in [1.54, 1.807) is 0 Å². The molecule has 1 rings (SSSR count). The zero-order valence-corrected chi connectivity index (χ0v) is 12.4. The lowest BCUT2D eigenvalue weighted by molar-refractivity contribution is 0.0457. The summed E-state index contributed by atoms with van der Waals surface area (Å²) in [7, 11) is -1.90. The number of morpholine rings is 1. The molecule has 0 unspecified atom stereocenters. The Labute approximate surface area is 90.4 Å². The summed E-state index contributed by atoms with van der Waals surface area (Å²) in [5.74, 6) is 0. The molecule has 0 aromatic carbocycles. The molecule has 1 heterocycles. The maximum atomic E-state index is 5.38. The predicted octanol–water partition coefficient (Wildman–Crippen LogP) is 1.98. The van der Waals surface area contributed by atoms with Crippen LogP contribution in [0.15, 0.2) is 0 Å². The maximum absolute atomic E-state index is 5.38. The average Bonchev–Trinajstić information content (AvgIpc) is 2.03. The Morgan fingerprint density at radius 1 is 1.00 bits per heavy atom. The fraction of sp³-hybridized carbons (Fsp3) is 1.00. The fourth-order valence-electron chi connectivity index (χ4n) is 1.56. The zero-order valence-electron chi connectivity index (χ0n) is 10.4. The summed E-state index contributed by atoms with van der Waals surface area (Å²) >= 11 is 0. The van der Waals surface area contributed by atoms with Crippen molar-refractivity contribution in [2.24, 2.45) is 0 Å². The van der Waals surface area contributed by atoms with Gasteiger partial charge in [0.1, 0.15) is 0 Å². The molecule has 0 radical (unpaired) electrons. The van der Waals surface area contributed by atoms with Gasteiger partial charge >= 0.3 is 0 Å². The van der Waals surface area contributed by atoms with Gasteiger partial charge in [-0.3, -0.25) is 0 Å². The molecule has 0 N–H and O–H groups in total. The molecule has 0 saturated carbocycles. The molecule has 1 fully saturated rings. The standard InChI is InChI=1S/C10H25NOSi2/c1-13(2,3)14(4,5)10-11-6-8-12-9-7-11/h6-10H2,1-5H3. The number of hydrogen-bond donors (Lipinski definition) is 0. The van der Waals surface area contributed by atoms with Crippen LogP contribution in [-0.2, 0) is 4.74 Å². The number of nitrogens with zero attached hydrogens (tertiary/aromatic N) is 1. The van der Waals surface area contributed by atoms with Gasteiger partial charge in [0, 0.05) is 20.7 Å². The normalized spacial score (nSPS) is 21.2. The first kappa shape index (κ1) is 12.4. The van der Waals surface area contributed by atoms with Crippen molar-refractivity contribution in [2.45, 2.75) is 32.7 Å². The first-order chi connectivity index (χ1) is 6.33. The molecule has 1 saturated heterocycles. The summed E-state index contributed by atoms with van der Waals surface area (Å²) in [6, 6.07) is 0. The Morgan fingerprint density at radius 3 is 1.93 bits per heavy atom. The highest BCUT2D eigenvalue weighted by molar-refractivity contribution is 7.40. The third-order valence-corrected chi connectivity index (χ3v) is 21.7. The Hall–Kier alpha value is 0.354. The molecule has 0 atom stereocenters. The van der Waals surface area contributed by atoms with E-state index < -0.39 is 15.2 Å². The summed E-state index contributed by atoms with van der Waals surface area (Å²) in [6.07, 6.45) is 1.38. The molecule has 0 amide bonds. The van der Waals surface area contributed by atoms with E-state index in [9.17, 15) is 0 Å². The molecule has 0 aliphatic carbocycles. The van der Waals surface area contributed by atoms with Crippen molar-refractivity contribution in [2.75, 3.05) is 32.5 Å². The van der Waals surface area contributed by atoms with Crippen molar-refractivity contribution in [1.82, 2.24) is 4.90 Å². The van der Waals surface area contributed by atoms with Crippen molar-refractivity contribution >= 4 is 15.2 Å². The number of hydrogen-bond acceptors (Lipinski definition) is 2. The summed E-state index contributed by atoms with van der Waals surface area (Å²) in [5, 5.41) is 0. The summed E-state index contributed by atoms with van der Waals surface area (Å²) in [6.45, 7) is 16.9. The second-order valence-corrected chi connectivity index (χ2v) is 23.2. The Bertz CT molecular complexity index is 183. The van der Waals surface area contributed by atoms with E-state index in [-0.39, 0.29) is 0 Å². The van der Waals surface area contributed by atoms with Crippen LogP contribution in [0.5, 0.6) is 0 Å². The second kappa shape index (κ2) is 4.47. The minimum absolute atomic E-state index is 0.912. The molecule has 84 valence electrons. The molecular weight excluding hydrogens is 206 g/mol. The first-order valence-corrected chi connectivity index (χ1v) is 13.3. The number of rotatable bonds is 3. The monoisotopic (exact) mass is 231 g/mol. The van der Waals surface area contributed by atoms with Crippen molar-refractivity contribution in [3.63, 3.8) is 0 Å². The van der Waals surface area contributed by atoms with E-state index >= 15 is 0 Å². The highest BCUT2D eigenvalue weighted by Gasteiger charge is 2.38. The Morgan fingerprint density at radius 2 is 1.50 bits per heavy atom. The summed E-state index contributed by atoms with van der Waals surface area (Å²) in [5.41, 5.74) is 0. The van der Waals surface area contributed by atoms with Gasteiger partial charge in [0.05, 0.1) is 20.8 Å². The molecule has 1 aliphatic rings. The lowest BCUT2D eigenvalue weighted by Crippen LogP contribution is -2.60. The van der Waals surface area contributed by atoms with Crippen molar-refractivity contribution in [3.8, 4) is 0 Å². The van der Waals surface area contributed by atoms with Gasteiger partial charge in [0.2, 0.25) is 0 Å². The van der Waals surface area contributed by atoms with E-state index in [1.165, 1.54) is 6.17 Å². The Balaban J connectivity index is 2.49. The predicted molar refractivity (Wildman–Crippen MR) is 68.1 cm³/mol. The van der Waals surface area contributed by atoms with Gasteiger partial charge in [-0.25, -0.2) is 0 Å². The summed E-state index contributed by atoms with van der Waals surface area (Å²) < 4.78 is 5.38. The van der Waals surface area contributed by atoms with Gasteiger partial charge in [-0.05, 0) is 6.17 Å². The quantitative estimate of drug-likeness (QED) is 0.689. The van der Waals surface area contributed by atoms with Crippen LogP contribution in [0, 0.1) is 0 Å². The van der Waals surface area contributed by atoms with Crippen LogP contribution in [0.25, 0.3) is 0 Å². The minimum atomic E-state index is -0.983. The van der Waals surface area contributed by atoms with Crippen molar-refractivity contribution in [1.29, 1.82) is 0 Å². The SMILES string of the molecule is C[Si](C)(C)[Si](C)(C)CN1CCOCC1. The van der Waals surface area contributed by atoms with Gasteiger partial charge in [-0.2, -0.15) is 0 Å². The van der Waals surface area contributed by atoms with Crippen LogP contribution in [0.1, 0.15) is 0 Å². The highest BCUT2D eigenvalue weighted by Crippen LogP contribution is 2.20. The topological polar surface area (TPSA) is 12.5 Å². The van der Waals surface area contributed by atoms with E-state index in [2.05, 4.69) is 37.6 Å². The van der Waals surface area contributed by atoms with E-state index in [4.69, 9.17) is 4.74 Å². The maximum Gasteiger partial charge on any atom is 0.0593 e. The third kappa shape index (κ3) is 3.19.